The second-order valence-corrected chi connectivity index (χ2v) is 8.87. The standard InChI is InChI=1S/C28H24IN3O2/c1-3-7-21-14-20(15-22(17-30)28-31-24-8-5-6-9-25(24)32-28)16-26(33-4-2)27(21)34-18-19-10-12-23(29)13-11-19/h3,5-6,8-16H,1,4,7,18H2,2H3,(H,31,32)/b22-15+. The van der Waals surface area contributed by atoms with Gasteiger partial charge in [0.1, 0.15) is 18.5 Å². The van der Waals surface area contributed by atoms with Crippen molar-refractivity contribution in [3.05, 3.63) is 99.4 Å². The number of imidazole rings is 1. The van der Waals surface area contributed by atoms with Crippen LogP contribution in [0, 0.1) is 14.9 Å². The molecule has 4 aromatic rings. The molecule has 0 aliphatic heterocycles. The van der Waals surface area contributed by atoms with Gasteiger partial charge in [-0.1, -0.05) is 30.3 Å². The summed E-state index contributed by atoms with van der Waals surface area (Å²) in [7, 11) is 0. The lowest BCUT2D eigenvalue weighted by atomic mass is 10.0. The fraction of sp³-hybridized carbons (Fsp3) is 0.143. The van der Waals surface area contributed by atoms with Gasteiger partial charge in [-0.15, -0.1) is 6.58 Å². The first-order chi connectivity index (χ1) is 16.6. The third kappa shape index (κ3) is 5.49. The molecule has 0 aliphatic carbocycles. The summed E-state index contributed by atoms with van der Waals surface area (Å²) in [5, 5.41) is 9.84. The number of aromatic amines is 1. The van der Waals surface area contributed by atoms with E-state index >= 15 is 0 Å². The molecule has 0 aliphatic rings. The van der Waals surface area contributed by atoms with E-state index in [0.29, 0.717) is 42.5 Å². The van der Waals surface area contributed by atoms with Crippen molar-refractivity contribution < 1.29 is 9.47 Å². The zero-order valence-corrected chi connectivity index (χ0v) is 21.0. The monoisotopic (exact) mass is 561 g/mol. The average molecular weight is 561 g/mol. The molecule has 0 unspecified atom stereocenters. The van der Waals surface area contributed by atoms with Gasteiger partial charge >= 0.3 is 0 Å². The molecule has 0 saturated heterocycles. The van der Waals surface area contributed by atoms with Crippen LogP contribution in [-0.4, -0.2) is 16.6 Å². The number of nitrogens with one attached hydrogen (secondary N) is 1. The van der Waals surface area contributed by atoms with Crippen LogP contribution in [0.25, 0.3) is 22.7 Å². The second kappa shape index (κ2) is 11.0. The summed E-state index contributed by atoms with van der Waals surface area (Å²) in [4.78, 5) is 7.79. The first-order valence-corrected chi connectivity index (χ1v) is 12.0. The van der Waals surface area contributed by atoms with Gasteiger partial charge < -0.3 is 14.5 Å². The number of hydrogen-bond acceptors (Lipinski definition) is 4. The molecule has 170 valence electrons. The van der Waals surface area contributed by atoms with Crippen LogP contribution in [0.5, 0.6) is 11.5 Å². The summed E-state index contributed by atoms with van der Waals surface area (Å²) in [6, 6.07) is 22.1. The van der Waals surface area contributed by atoms with Crippen molar-refractivity contribution in [1.82, 2.24) is 9.97 Å². The Morgan fingerprint density at radius 2 is 1.94 bits per heavy atom. The van der Waals surface area contributed by atoms with E-state index in [-0.39, 0.29) is 0 Å². The zero-order chi connectivity index (χ0) is 23.9. The smallest absolute Gasteiger partial charge is 0.165 e. The Morgan fingerprint density at radius 1 is 1.15 bits per heavy atom. The third-order valence-electron chi connectivity index (χ3n) is 5.19. The number of fused-ring (bicyclic) bond motifs is 1. The van der Waals surface area contributed by atoms with Gasteiger partial charge in [-0.3, -0.25) is 0 Å². The minimum atomic E-state index is 0.429. The van der Waals surface area contributed by atoms with Crippen molar-refractivity contribution in [3.63, 3.8) is 0 Å². The van der Waals surface area contributed by atoms with Crippen molar-refractivity contribution in [2.45, 2.75) is 20.0 Å². The van der Waals surface area contributed by atoms with Crippen LogP contribution in [0.3, 0.4) is 0 Å². The first-order valence-electron chi connectivity index (χ1n) is 11.0. The van der Waals surface area contributed by atoms with Crippen LogP contribution in [0.1, 0.15) is 29.4 Å². The van der Waals surface area contributed by atoms with E-state index in [1.54, 1.807) is 0 Å². The Balaban J connectivity index is 1.71. The van der Waals surface area contributed by atoms with Gasteiger partial charge in [0, 0.05) is 9.13 Å². The minimum absolute atomic E-state index is 0.429. The van der Waals surface area contributed by atoms with Gasteiger partial charge in [0.2, 0.25) is 0 Å². The predicted molar refractivity (Wildman–Crippen MR) is 145 cm³/mol. The number of para-hydroxylation sites is 2. The van der Waals surface area contributed by atoms with Crippen LogP contribution in [0.15, 0.2) is 73.3 Å². The molecule has 5 nitrogen and oxygen atoms in total. The van der Waals surface area contributed by atoms with E-state index in [1.165, 1.54) is 3.57 Å². The number of rotatable bonds is 9. The molecule has 1 aromatic heterocycles. The molecule has 3 aromatic carbocycles. The number of ether oxygens (including phenoxy) is 2. The quantitative estimate of drug-likeness (QED) is 0.137. The van der Waals surface area contributed by atoms with Gasteiger partial charge in [-0.2, -0.15) is 5.26 Å². The van der Waals surface area contributed by atoms with Crippen LogP contribution in [0.4, 0.5) is 0 Å². The molecule has 1 N–H and O–H groups in total. The Morgan fingerprint density at radius 3 is 2.65 bits per heavy atom. The normalized spacial score (nSPS) is 11.3. The average Bonchev–Trinajstić information content (AvgIpc) is 3.27. The van der Waals surface area contributed by atoms with Gasteiger partial charge in [0.15, 0.2) is 11.5 Å². The predicted octanol–water partition coefficient (Wildman–Crippen LogP) is 6.94. The van der Waals surface area contributed by atoms with E-state index in [2.05, 4.69) is 69.5 Å². The lowest BCUT2D eigenvalue weighted by molar-refractivity contribution is 0.267. The highest BCUT2D eigenvalue weighted by molar-refractivity contribution is 14.1. The number of nitriles is 1. The molecular formula is C28H24IN3O2. The summed E-state index contributed by atoms with van der Waals surface area (Å²) >= 11 is 2.29. The van der Waals surface area contributed by atoms with Crippen molar-refractivity contribution in [3.8, 4) is 17.6 Å². The molecule has 34 heavy (non-hydrogen) atoms. The molecule has 1 heterocycles. The van der Waals surface area contributed by atoms with E-state index < -0.39 is 0 Å². The molecular weight excluding hydrogens is 537 g/mol. The fourth-order valence-corrected chi connectivity index (χ4v) is 4.00. The summed E-state index contributed by atoms with van der Waals surface area (Å²) in [6.45, 7) is 6.76. The first kappa shape index (κ1) is 23.6. The SMILES string of the molecule is C=CCc1cc(/C=C(\C#N)c2nc3ccccc3[nH]2)cc(OCC)c1OCc1ccc(I)cc1. The summed E-state index contributed by atoms with van der Waals surface area (Å²) in [6.07, 6.45) is 4.26. The maximum atomic E-state index is 9.84. The fourth-order valence-electron chi connectivity index (χ4n) is 3.64. The number of hydrogen-bond donors (Lipinski definition) is 1. The van der Waals surface area contributed by atoms with Crippen LogP contribution < -0.4 is 9.47 Å². The van der Waals surface area contributed by atoms with Gasteiger partial charge in [-0.05, 0) is 89.5 Å². The second-order valence-electron chi connectivity index (χ2n) is 7.62. The molecule has 0 saturated carbocycles. The number of benzene rings is 3. The zero-order valence-electron chi connectivity index (χ0n) is 18.8. The van der Waals surface area contributed by atoms with Crippen molar-refractivity contribution >= 4 is 45.3 Å². The lowest BCUT2D eigenvalue weighted by Gasteiger charge is -2.17. The number of H-pyrrole nitrogens is 1. The Bertz CT molecular complexity index is 1350. The molecule has 0 fully saturated rings. The molecule has 6 heteroatoms. The van der Waals surface area contributed by atoms with Crippen molar-refractivity contribution in [2.24, 2.45) is 0 Å². The van der Waals surface area contributed by atoms with E-state index in [0.717, 1.165) is 27.7 Å². The highest BCUT2D eigenvalue weighted by atomic mass is 127. The van der Waals surface area contributed by atoms with Crippen LogP contribution in [-0.2, 0) is 13.0 Å². The number of aromatic nitrogens is 2. The van der Waals surface area contributed by atoms with Crippen molar-refractivity contribution in [1.29, 1.82) is 5.26 Å². The Kier molecular flexibility index (Phi) is 7.65. The summed E-state index contributed by atoms with van der Waals surface area (Å²) in [5.41, 5.74) is 5.00. The van der Waals surface area contributed by atoms with Crippen LogP contribution >= 0.6 is 22.6 Å². The van der Waals surface area contributed by atoms with E-state index in [9.17, 15) is 5.26 Å². The Labute approximate surface area is 212 Å². The van der Waals surface area contributed by atoms with Crippen LogP contribution in [0.2, 0.25) is 0 Å². The summed E-state index contributed by atoms with van der Waals surface area (Å²) in [5.74, 6) is 1.87. The Hall–Kier alpha value is -3.57. The van der Waals surface area contributed by atoms with Gasteiger partial charge in [0.05, 0.1) is 23.2 Å². The van der Waals surface area contributed by atoms with Crippen molar-refractivity contribution in [2.75, 3.05) is 6.61 Å². The maximum absolute atomic E-state index is 9.84. The topological polar surface area (TPSA) is 70.9 Å². The van der Waals surface area contributed by atoms with Gasteiger partial charge in [0.25, 0.3) is 0 Å². The molecule has 0 spiro atoms. The van der Waals surface area contributed by atoms with E-state index in [1.807, 2.05) is 55.5 Å². The third-order valence-corrected chi connectivity index (χ3v) is 5.91. The lowest BCUT2D eigenvalue weighted by Crippen LogP contribution is -2.03. The highest BCUT2D eigenvalue weighted by Gasteiger charge is 2.15. The number of nitrogens with zero attached hydrogens (tertiary/aromatic N) is 2. The molecule has 0 radical (unpaired) electrons. The molecule has 0 atom stereocenters. The summed E-state index contributed by atoms with van der Waals surface area (Å²) < 4.78 is 13.4. The maximum Gasteiger partial charge on any atom is 0.165 e. The molecule has 0 bridgehead atoms. The largest absolute Gasteiger partial charge is 0.490 e. The van der Waals surface area contributed by atoms with Gasteiger partial charge in [-0.25, -0.2) is 4.98 Å². The molecule has 0 amide bonds. The number of halogens is 1. The minimum Gasteiger partial charge on any atom is -0.490 e. The highest BCUT2D eigenvalue weighted by Crippen LogP contribution is 2.36. The van der Waals surface area contributed by atoms with E-state index in [4.69, 9.17) is 9.47 Å². The molecule has 4 rings (SSSR count). The number of allylic oxidation sites excluding steroid dienone is 2.